The summed E-state index contributed by atoms with van der Waals surface area (Å²) < 4.78 is 0. The molecule has 0 bridgehead atoms. The van der Waals surface area contributed by atoms with Crippen LogP contribution in [-0.2, 0) is 9.59 Å². The van der Waals surface area contributed by atoms with Gasteiger partial charge in [-0.15, -0.1) is 0 Å². The predicted molar refractivity (Wildman–Crippen MR) is 38.1 cm³/mol. The van der Waals surface area contributed by atoms with Crippen molar-refractivity contribution >= 4 is 12.6 Å². The normalized spacial score (nSPS) is 37.0. The highest BCUT2D eigenvalue weighted by atomic mass is 16.3. The lowest BCUT2D eigenvalue weighted by atomic mass is 9.95. The van der Waals surface area contributed by atoms with Crippen LogP contribution in [0.5, 0.6) is 0 Å². The minimum Gasteiger partial charge on any atom is -0.392 e. The lowest BCUT2D eigenvalue weighted by Gasteiger charge is -2.18. The van der Waals surface area contributed by atoms with E-state index in [1.807, 2.05) is 0 Å². The lowest BCUT2D eigenvalue weighted by Crippen LogP contribution is -2.41. The van der Waals surface area contributed by atoms with E-state index in [9.17, 15) is 9.59 Å². The Morgan fingerprint density at radius 2 is 2.36 bits per heavy atom. The molecule has 0 aromatic heterocycles. The van der Waals surface area contributed by atoms with Crippen molar-refractivity contribution in [3.05, 3.63) is 0 Å². The molecule has 4 nitrogen and oxygen atoms in total. The second-order valence-corrected chi connectivity index (χ2v) is 2.88. The topological polar surface area (TPSA) is 66.4 Å². The van der Waals surface area contributed by atoms with Gasteiger partial charge in [0.1, 0.15) is 12.6 Å². The van der Waals surface area contributed by atoms with Gasteiger partial charge in [0, 0.05) is 13.0 Å². The van der Waals surface area contributed by atoms with Crippen molar-refractivity contribution in [2.24, 2.45) is 0 Å². The van der Waals surface area contributed by atoms with Crippen LogP contribution >= 0.6 is 0 Å². The number of rotatable bonds is 3. The number of hydrogen-bond donors (Lipinski definition) is 2. The third kappa shape index (κ3) is 1.64. The first-order chi connectivity index (χ1) is 5.22. The van der Waals surface area contributed by atoms with Crippen LogP contribution in [0.3, 0.4) is 0 Å². The zero-order valence-corrected chi connectivity index (χ0v) is 6.12. The summed E-state index contributed by atoms with van der Waals surface area (Å²) in [6.45, 7) is 0.395. The lowest BCUT2D eigenvalue weighted by molar-refractivity contribution is -0.117. The van der Waals surface area contributed by atoms with Gasteiger partial charge < -0.3 is 20.0 Å². The molecule has 0 aromatic rings. The summed E-state index contributed by atoms with van der Waals surface area (Å²) in [6, 6.07) is 0. The van der Waals surface area contributed by atoms with Crippen molar-refractivity contribution in [1.82, 2.24) is 5.32 Å². The molecular formula is C7H11NO3. The van der Waals surface area contributed by atoms with E-state index < -0.39 is 11.6 Å². The second kappa shape index (κ2) is 3.11. The molecule has 1 heterocycles. The van der Waals surface area contributed by atoms with E-state index in [0.29, 0.717) is 25.5 Å². The molecule has 4 heteroatoms. The molecular weight excluding hydrogens is 146 g/mol. The van der Waals surface area contributed by atoms with E-state index >= 15 is 0 Å². The third-order valence-electron chi connectivity index (χ3n) is 1.96. The van der Waals surface area contributed by atoms with Crippen LogP contribution in [0.4, 0.5) is 0 Å². The highest BCUT2D eigenvalue weighted by Gasteiger charge is 2.37. The number of nitrogens with one attached hydrogen (secondary N) is 1. The zero-order valence-electron chi connectivity index (χ0n) is 6.12. The van der Waals surface area contributed by atoms with Crippen LogP contribution in [0.1, 0.15) is 12.8 Å². The fourth-order valence-corrected chi connectivity index (χ4v) is 1.33. The van der Waals surface area contributed by atoms with Gasteiger partial charge in [0.25, 0.3) is 0 Å². The number of carbonyl (C=O) groups is 2. The maximum absolute atomic E-state index is 10.5. The Balaban J connectivity index is 2.61. The number of hydrogen-bond acceptors (Lipinski definition) is 4. The van der Waals surface area contributed by atoms with Crippen molar-refractivity contribution < 1.29 is 14.7 Å². The first kappa shape index (κ1) is 8.36. The van der Waals surface area contributed by atoms with Gasteiger partial charge in [0.05, 0.1) is 11.6 Å². The highest BCUT2D eigenvalue weighted by Crippen LogP contribution is 2.19. The maximum atomic E-state index is 10.5. The minimum absolute atomic E-state index is 0.146. The molecule has 2 atom stereocenters. The fraction of sp³-hybridized carbons (Fsp3) is 0.714. The second-order valence-electron chi connectivity index (χ2n) is 2.88. The van der Waals surface area contributed by atoms with E-state index in [1.165, 1.54) is 0 Å². The number of aliphatic hydroxyl groups excluding tert-OH is 1. The van der Waals surface area contributed by atoms with Crippen LogP contribution in [0, 0.1) is 0 Å². The van der Waals surface area contributed by atoms with Gasteiger partial charge in [-0.3, -0.25) is 0 Å². The Kier molecular flexibility index (Phi) is 2.36. The molecule has 0 radical (unpaired) electrons. The number of aliphatic hydroxyl groups is 1. The van der Waals surface area contributed by atoms with Gasteiger partial charge in [-0.05, 0) is 6.42 Å². The van der Waals surface area contributed by atoms with Gasteiger partial charge in [0.2, 0.25) is 0 Å². The maximum Gasteiger partial charge on any atom is 0.140 e. The van der Waals surface area contributed by atoms with Crippen molar-refractivity contribution in [1.29, 1.82) is 0 Å². The van der Waals surface area contributed by atoms with Crippen LogP contribution in [-0.4, -0.2) is 35.9 Å². The van der Waals surface area contributed by atoms with E-state index in [-0.39, 0.29) is 6.42 Å². The summed E-state index contributed by atoms with van der Waals surface area (Å²) >= 11 is 0. The molecule has 1 rings (SSSR count). The number of β-amino-alcohol motifs (C(OH)–C–C–N with tert-alkyl or cyclic N) is 1. The molecule has 0 amide bonds. The third-order valence-corrected chi connectivity index (χ3v) is 1.96. The summed E-state index contributed by atoms with van der Waals surface area (Å²) in [6.07, 6.45) is 1.39. The van der Waals surface area contributed by atoms with Crippen LogP contribution < -0.4 is 5.32 Å². The van der Waals surface area contributed by atoms with E-state index in [0.717, 1.165) is 0 Å². The molecule has 0 spiro atoms. The molecule has 0 aliphatic carbocycles. The van der Waals surface area contributed by atoms with Crippen LogP contribution in [0.2, 0.25) is 0 Å². The minimum atomic E-state index is -0.791. The van der Waals surface area contributed by atoms with Gasteiger partial charge in [-0.2, -0.15) is 0 Å². The number of carbonyl (C=O) groups excluding carboxylic acids is 2. The Labute approximate surface area is 64.6 Å². The van der Waals surface area contributed by atoms with Crippen molar-refractivity contribution in [3.63, 3.8) is 0 Å². The van der Waals surface area contributed by atoms with Gasteiger partial charge in [-0.25, -0.2) is 0 Å². The van der Waals surface area contributed by atoms with Crippen LogP contribution in [0.25, 0.3) is 0 Å². The first-order valence-electron chi connectivity index (χ1n) is 3.55. The Morgan fingerprint density at radius 1 is 1.64 bits per heavy atom. The largest absolute Gasteiger partial charge is 0.392 e. The van der Waals surface area contributed by atoms with Crippen molar-refractivity contribution in [2.75, 3.05) is 6.54 Å². The predicted octanol–water partition coefficient (Wildman–Crippen LogP) is -1.13. The van der Waals surface area contributed by atoms with E-state index in [1.54, 1.807) is 0 Å². The molecule has 11 heavy (non-hydrogen) atoms. The molecule has 1 unspecified atom stereocenters. The summed E-state index contributed by atoms with van der Waals surface area (Å²) in [5.74, 6) is 0. The first-order valence-corrected chi connectivity index (χ1v) is 3.55. The van der Waals surface area contributed by atoms with Gasteiger partial charge >= 0.3 is 0 Å². The number of aldehydes is 2. The molecule has 62 valence electrons. The van der Waals surface area contributed by atoms with Gasteiger partial charge in [-0.1, -0.05) is 0 Å². The molecule has 2 N–H and O–H groups in total. The highest BCUT2D eigenvalue weighted by molar-refractivity contribution is 5.71. The summed E-state index contributed by atoms with van der Waals surface area (Å²) in [5.41, 5.74) is -0.791. The molecule has 0 aromatic carbocycles. The Hall–Kier alpha value is -0.740. The van der Waals surface area contributed by atoms with E-state index in [2.05, 4.69) is 5.32 Å². The van der Waals surface area contributed by atoms with Crippen LogP contribution in [0.15, 0.2) is 0 Å². The summed E-state index contributed by atoms with van der Waals surface area (Å²) in [5, 5.41) is 11.9. The summed E-state index contributed by atoms with van der Waals surface area (Å²) in [7, 11) is 0. The average molecular weight is 157 g/mol. The van der Waals surface area contributed by atoms with Crippen molar-refractivity contribution in [2.45, 2.75) is 24.5 Å². The van der Waals surface area contributed by atoms with Crippen molar-refractivity contribution in [3.8, 4) is 0 Å². The smallest absolute Gasteiger partial charge is 0.140 e. The molecule has 1 aliphatic heterocycles. The fourth-order valence-electron chi connectivity index (χ4n) is 1.33. The summed E-state index contributed by atoms with van der Waals surface area (Å²) in [4.78, 5) is 20.7. The standard InChI is InChI=1S/C7H11NO3/c9-2-1-7(5-10)3-6(11)4-8-7/h2,5-6,8,11H,1,3-4H2/t6?,7-/m0/s1. The average Bonchev–Trinajstić information content (AvgIpc) is 2.34. The SMILES string of the molecule is O=CC[C@@]1(C=O)CC(O)CN1. The molecule has 1 fully saturated rings. The molecule has 0 saturated carbocycles. The van der Waals surface area contributed by atoms with E-state index in [4.69, 9.17) is 5.11 Å². The Bertz CT molecular complexity index is 171. The van der Waals surface area contributed by atoms with Gasteiger partial charge in [0.15, 0.2) is 0 Å². The monoisotopic (exact) mass is 157 g/mol. The molecule has 1 saturated heterocycles. The molecule has 1 aliphatic rings. The Morgan fingerprint density at radius 3 is 2.73 bits per heavy atom. The zero-order chi connectivity index (χ0) is 8.32. The quantitative estimate of drug-likeness (QED) is 0.508.